The second-order valence-electron chi connectivity index (χ2n) is 4.83. The molecule has 3 N–H and O–H groups in total. The van der Waals surface area contributed by atoms with E-state index in [1.54, 1.807) is 0 Å². The molecule has 8 heteroatoms. The van der Waals surface area contributed by atoms with E-state index in [4.69, 9.17) is 9.84 Å². The van der Waals surface area contributed by atoms with Gasteiger partial charge in [0.05, 0.1) is 6.61 Å². The molecule has 0 amide bonds. The molecule has 0 spiro atoms. The molecule has 0 saturated heterocycles. The minimum absolute atomic E-state index is 0.0429. The molecule has 0 aliphatic carbocycles. The van der Waals surface area contributed by atoms with Crippen molar-refractivity contribution >= 4 is 16.2 Å². The number of carboxylic acids is 1. The lowest BCUT2D eigenvalue weighted by atomic mass is 9.94. The highest BCUT2D eigenvalue weighted by Gasteiger charge is 2.18. The van der Waals surface area contributed by atoms with Crippen molar-refractivity contribution in [1.82, 2.24) is 9.44 Å². The van der Waals surface area contributed by atoms with Crippen LogP contribution in [0.15, 0.2) is 0 Å². The van der Waals surface area contributed by atoms with E-state index in [0.717, 1.165) is 0 Å². The summed E-state index contributed by atoms with van der Waals surface area (Å²) in [5.41, 5.74) is 0. The van der Waals surface area contributed by atoms with Gasteiger partial charge < -0.3 is 9.84 Å². The van der Waals surface area contributed by atoms with Gasteiger partial charge >= 0.3 is 5.97 Å². The molecule has 0 heterocycles. The summed E-state index contributed by atoms with van der Waals surface area (Å²) in [5.74, 6) is -0.816. The van der Waals surface area contributed by atoms with Crippen molar-refractivity contribution in [3.8, 4) is 0 Å². The van der Waals surface area contributed by atoms with E-state index in [0.29, 0.717) is 12.3 Å². The molecule has 0 aromatic heterocycles. The molecule has 0 fully saturated rings. The monoisotopic (exact) mass is 296 g/mol. The maximum atomic E-state index is 11.6. The molecule has 0 saturated carbocycles. The van der Waals surface area contributed by atoms with E-state index in [1.807, 2.05) is 13.8 Å². The average molecular weight is 296 g/mol. The van der Waals surface area contributed by atoms with Crippen molar-refractivity contribution in [2.24, 2.45) is 11.8 Å². The maximum Gasteiger partial charge on any atom is 0.303 e. The predicted octanol–water partition coefficient (Wildman–Crippen LogP) is 0.194. The molecule has 0 rings (SSSR count). The zero-order valence-corrected chi connectivity index (χ0v) is 12.5. The number of hydrogen-bond donors (Lipinski definition) is 3. The lowest BCUT2D eigenvalue weighted by Gasteiger charge is -2.18. The van der Waals surface area contributed by atoms with Crippen LogP contribution < -0.4 is 9.44 Å². The first kappa shape index (κ1) is 18.3. The van der Waals surface area contributed by atoms with E-state index in [1.165, 1.54) is 7.11 Å². The summed E-state index contributed by atoms with van der Waals surface area (Å²) in [4.78, 5) is 10.7. The molecule has 19 heavy (non-hydrogen) atoms. The SMILES string of the molecule is COCCNS(=O)(=O)NC[C@H](CC(=O)O)CC(C)C. The van der Waals surface area contributed by atoms with Gasteiger partial charge in [0.25, 0.3) is 10.2 Å². The van der Waals surface area contributed by atoms with Gasteiger partial charge in [0, 0.05) is 26.6 Å². The third-order valence-corrected chi connectivity index (χ3v) is 3.56. The first-order chi connectivity index (χ1) is 8.76. The van der Waals surface area contributed by atoms with E-state index < -0.39 is 16.2 Å². The topological polar surface area (TPSA) is 105 Å². The van der Waals surface area contributed by atoms with Crippen LogP contribution in [-0.4, -0.2) is 46.3 Å². The van der Waals surface area contributed by atoms with Crippen molar-refractivity contribution in [1.29, 1.82) is 0 Å². The molecular formula is C11H24N2O5S. The van der Waals surface area contributed by atoms with E-state index in [9.17, 15) is 13.2 Å². The second-order valence-corrected chi connectivity index (χ2v) is 6.42. The fraction of sp³-hybridized carbons (Fsp3) is 0.909. The highest BCUT2D eigenvalue weighted by molar-refractivity contribution is 7.87. The molecule has 0 unspecified atom stereocenters. The van der Waals surface area contributed by atoms with Crippen molar-refractivity contribution in [3.05, 3.63) is 0 Å². The Morgan fingerprint density at radius 1 is 1.32 bits per heavy atom. The van der Waals surface area contributed by atoms with Gasteiger partial charge in [-0.15, -0.1) is 0 Å². The third-order valence-electron chi connectivity index (χ3n) is 2.43. The first-order valence-corrected chi connectivity index (χ1v) is 7.70. The van der Waals surface area contributed by atoms with Gasteiger partial charge in [-0.2, -0.15) is 13.1 Å². The highest BCUT2D eigenvalue weighted by Crippen LogP contribution is 2.14. The van der Waals surface area contributed by atoms with Gasteiger partial charge in [0.2, 0.25) is 0 Å². The Bertz CT molecular complexity index is 356. The van der Waals surface area contributed by atoms with Crippen LogP contribution in [0.1, 0.15) is 26.7 Å². The van der Waals surface area contributed by atoms with Gasteiger partial charge in [-0.1, -0.05) is 13.8 Å². The summed E-state index contributed by atoms with van der Waals surface area (Å²) in [6.45, 7) is 4.53. The van der Waals surface area contributed by atoms with Crippen LogP contribution in [-0.2, 0) is 19.7 Å². The van der Waals surface area contributed by atoms with Crippen molar-refractivity contribution in [2.75, 3.05) is 26.8 Å². The summed E-state index contributed by atoms with van der Waals surface area (Å²) in [7, 11) is -2.11. The third kappa shape index (κ3) is 10.9. The zero-order valence-electron chi connectivity index (χ0n) is 11.7. The summed E-state index contributed by atoms with van der Waals surface area (Å²) in [6, 6.07) is 0. The molecule has 7 nitrogen and oxygen atoms in total. The largest absolute Gasteiger partial charge is 0.481 e. The number of carboxylic acid groups (broad SMARTS) is 1. The van der Waals surface area contributed by atoms with Gasteiger partial charge in [0.1, 0.15) is 0 Å². The van der Waals surface area contributed by atoms with Crippen LogP contribution in [0.5, 0.6) is 0 Å². The van der Waals surface area contributed by atoms with E-state index >= 15 is 0 Å². The van der Waals surface area contributed by atoms with Gasteiger partial charge in [-0.25, -0.2) is 4.72 Å². The summed E-state index contributed by atoms with van der Waals surface area (Å²) in [6.07, 6.45) is 0.617. The molecule has 0 aromatic rings. The predicted molar refractivity (Wildman–Crippen MR) is 72.0 cm³/mol. The lowest BCUT2D eigenvalue weighted by Crippen LogP contribution is -2.40. The number of aliphatic carboxylic acids is 1. The number of ether oxygens (including phenoxy) is 1. The molecule has 0 aromatic carbocycles. The minimum Gasteiger partial charge on any atom is -0.481 e. The highest BCUT2D eigenvalue weighted by atomic mass is 32.2. The molecule has 1 atom stereocenters. The van der Waals surface area contributed by atoms with Crippen LogP contribution in [0.2, 0.25) is 0 Å². The number of nitrogens with one attached hydrogen (secondary N) is 2. The normalized spacial score (nSPS) is 13.7. The minimum atomic E-state index is -3.59. The number of hydrogen-bond acceptors (Lipinski definition) is 4. The fourth-order valence-corrected chi connectivity index (χ4v) is 2.62. The summed E-state index contributed by atoms with van der Waals surface area (Å²) in [5, 5.41) is 8.79. The van der Waals surface area contributed by atoms with Crippen LogP contribution in [0, 0.1) is 11.8 Å². The molecule has 0 aliphatic heterocycles. The Balaban J connectivity index is 4.24. The number of carbonyl (C=O) groups is 1. The Morgan fingerprint density at radius 3 is 2.42 bits per heavy atom. The number of rotatable bonds is 11. The molecule has 0 bridgehead atoms. The molecule has 0 aliphatic rings. The zero-order chi connectivity index (χ0) is 14.9. The van der Waals surface area contributed by atoms with Gasteiger partial charge in [-0.3, -0.25) is 4.79 Å². The first-order valence-electron chi connectivity index (χ1n) is 6.21. The van der Waals surface area contributed by atoms with E-state index in [-0.39, 0.29) is 32.0 Å². The maximum absolute atomic E-state index is 11.6. The molecule has 114 valence electrons. The van der Waals surface area contributed by atoms with Crippen LogP contribution in [0.3, 0.4) is 0 Å². The Labute approximate surface area is 114 Å². The van der Waals surface area contributed by atoms with Crippen molar-refractivity contribution < 1.29 is 23.1 Å². The average Bonchev–Trinajstić information content (AvgIpc) is 2.25. The quantitative estimate of drug-likeness (QED) is 0.472. The van der Waals surface area contributed by atoms with Crippen LogP contribution >= 0.6 is 0 Å². The van der Waals surface area contributed by atoms with Crippen molar-refractivity contribution in [3.63, 3.8) is 0 Å². The molecular weight excluding hydrogens is 272 g/mol. The van der Waals surface area contributed by atoms with Crippen LogP contribution in [0.25, 0.3) is 0 Å². The van der Waals surface area contributed by atoms with Gasteiger partial charge in [0.15, 0.2) is 0 Å². The Hall–Kier alpha value is -0.700. The van der Waals surface area contributed by atoms with Crippen LogP contribution in [0.4, 0.5) is 0 Å². The second kappa shape index (κ2) is 9.24. The fourth-order valence-electron chi connectivity index (χ4n) is 1.71. The lowest BCUT2D eigenvalue weighted by molar-refractivity contribution is -0.138. The number of methoxy groups -OCH3 is 1. The summed E-state index contributed by atoms with van der Waals surface area (Å²) < 4.78 is 32.5. The Kier molecular flexibility index (Phi) is 8.90. The smallest absolute Gasteiger partial charge is 0.303 e. The molecule has 0 radical (unpaired) electrons. The van der Waals surface area contributed by atoms with E-state index in [2.05, 4.69) is 9.44 Å². The van der Waals surface area contributed by atoms with Gasteiger partial charge in [-0.05, 0) is 18.3 Å². The Morgan fingerprint density at radius 2 is 1.95 bits per heavy atom. The summed E-state index contributed by atoms with van der Waals surface area (Å²) >= 11 is 0. The standard InChI is InChI=1S/C11H24N2O5S/c1-9(2)6-10(7-11(14)15)8-13-19(16,17)12-4-5-18-3/h9-10,12-13H,4-8H2,1-3H3,(H,14,15)/t10-/m0/s1. The van der Waals surface area contributed by atoms with Crippen molar-refractivity contribution in [2.45, 2.75) is 26.7 Å².